The number of fused-ring (bicyclic) bond motifs is 1. The molecular formula is C23H24N3S+. The van der Waals surface area contributed by atoms with Gasteiger partial charge in [0.15, 0.2) is 0 Å². The molecular weight excluding hydrogens is 350 g/mol. The minimum Gasteiger partial charge on any atom is -0.378 e. The minimum atomic E-state index is 1.19. The molecule has 0 spiro atoms. The highest BCUT2D eigenvalue weighted by Crippen LogP contribution is 2.26. The molecule has 0 bridgehead atoms. The predicted molar refractivity (Wildman–Crippen MR) is 117 cm³/mol. The average Bonchev–Trinajstić information content (AvgIpc) is 3.20. The third-order valence-corrected chi connectivity index (χ3v) is 6.19. The summed E-state index contributed by atoms with van der Waals surface area (Å²) in [5.41, 5.74) is 6.14. The fraction of sp³-hybridized carbons (Fsp3) is 0.174. The Morgan fingerprint density at radius 3 is 2.37 bits per heavy atom. The largest absolute Gasteiger partial charge is 0.378 e. The van der Waals surface area contributed by atoms with Gasteiger partial charge in [-0.15, -0.1) is 0 Å². The summed E-state index contributed by atoms with van der Waals surface area (Å²) < 4.78 is 5.81. The summed E-state index contributed by atoms with van der Waals surface area (Å²) in [5, 5.41) is 1.24. The summed E-state index contributed by atoms with van der Waals surface area (Å²) in [6, 6.07) is 21.6. The standard InChI is InChI=1S/C23H24N3S/c1-24(2)18-11-9-17(10-12-18)20-15-13-19(25(20)3)14-16-23-26(4)21-7-5-6-8-22(21)27-23/h5-16H,1-4H3/q+1. The van der Waals surface area contributed by atoms with Crippen LogP contribution in [0.2, 0.25) is 0 Å². The third kappa shape index (κ3) is 3.28. The van der Waals surface area contributed by atoms with Crippen LogP contribution in [-0.4, -0.2) is 18.7 Å². The zero-order valence-electron chi connectivity index (χ0n) is 16.2. The fourth-order valence-corrected chi connectivity index (χ4v) is 4.39. The van der Waals surface area contributed by atoms with Crippen molar-refractivity contribution in [2.75, 3.05) is 19.0 Å². The predicted octanol–water partition coefficient (Wildman–Crippen LogP) is 4.97. The third-order valence-electron chi connectivity index (χ3n) is 5.01. The van der Waals surface area contributed by atoms with E-state index >= 15 is 0 Å². The number of hydrogen-bond donors (Lipinski definition) is 0. The number of anilines is 1. The van der Waals surface area contributed by atoms with E-state index in [2.05, 4.69) is 115 Å². The number of hydrogen-bond acceptors (Lipinski definition) is 2. The maximum Gasteiger partial charge on any atom is 0.262 e. The molecule has 0 N–H and O–H groups in total. The second kappa shape index (κ2) is 7.05. The summed E-state index contributed by atoms with van der Waals surface area (Å²) in [5.74, 6) is 0. The second-order valence-electron chi connectivity index (χ2n) is 6.94. The first-order chi connectivity index (χ1) is 13.0. The zero-order valence-corrected chi connectivity index (χ0v) is 17.0. The van der Waals surface area contributed by atoms with Gasteiger partial charge < -0.3 is 9.47 Å². The van der Waals surface area contributed by atoms with Gasteiger partial charge in [-0.2, -0.15) is 4.57 Å². The van der Waals surface area contributed by atoms with Crippen LogP contribution < -0.4 is 9.47 Å². The molecule has 0 fully saturated rings. The molecule has 0 saturated heterocycles. The van der Waals surface area contributed by atoms with Crippen LogP contribution >= 0.6 is 11.3 Å². The molecule has 4 rings (SSSR count). The second-order valence-corrected chi connectivity index (χ2v) is 8.01. The normalized spacial score (nSPS) is 11.6. The van der Waals surface area contributed by atoms with E-state index in [-0.39, 0.29) is 0 Å². The van der Waals surface area contributed by atoms with Crippen LogP contribution in [0.15, 0.2) is 60.7 Å². The molecule has 4 heteroatoms. The molecule has 0 atom stereocenters. The summed E-state index contributed by atoms with van der Waals surface area (Å²) in [7, 11) is 8.38. The molecule has 0 aliphatic rings. The van der Waals surface area contributed by atoms with Crippen LogP contribution in [0.25, 0.3) is 33.6 Å². The van der Waals surface area contributed by atoms with Crippen LogP contribution in [0.4, 0.5) is 5.69 Å². The quantitative estimate of drug-likeness (QED) is 0.460. The monoisotopic (exact) mass is 374 g/mol. The Labute approximate surface area is 164 Å². The summed E-state index contributed by atoms with van der Waals surface area (Å²) in [4.78, 5) is 2.12. The van der Waals surface area contributed by atoms with Crippen molar-refractivity contribution in [1.82, 2.24) is 4.57 Å². The van der Waals surface area contributed by atoms with E-state index in [0.29, 0.717) is 0 Å². The van der Waals surface area contributed by atoms with Crippen molar-refractivity contribution in [3.05, 3.63) is 71.4 Å². The number of thiazole rings is 1. The number of aromatic nitrogens is 2. The Kier molecular flexibility index (Phi) is 4.58. The van der Waals surface area contributed by atoms with Crippen molar-refractivity contribution in [1.29, 1.82) is 0 Å². The fourth-order valence-electron chi connectivity index (χ4n) is 3.34. The van der Waals surface area contributed by atoms with Gasteiger partial charge in [0.05, 0.1) is 0 Å². The van der Waals surface area contributed by atoms with Gasteiger partial charge in [0.25, 0.3) is 5.01 Å². The summed E-state index contributed by atoms with van der Waals surface area (Å²) in [6.07, 6.45) is 4.40. The lowest BCUT2D eigenvalue weighted by Crippen LogP contribution is -2.28. The summed E-state index contributed by atoms with van der Waals surface area (Å²) in [6.45, 7) is 0. The van der Waals surface area contributed by atoms with Crippen molar-refractivity contribution in [2.45, 2.75) is 0 Å². The van der Waals surface area contributed by atoms with Gasteiger partial charge in [-0.05, 0) is 42.0 Å². The topological polar surface area (TPSA) is 12.1 Å². The van der Waals surface area contributed by atoms with E-state index in [0.717, 1.165) is 0 Å². The SMILES string of the molecule is CN(C)c1ccc(-c2ccc(/C=C/c3sc4ccccc4[n+]3C)n2C)cc1. The van der Waals surface area contributed by atoms with Crippen molar-refractivity contribution < 1.29 is 4.57 Å². The van der Waals surface area contributed by atoms with Gasteiger partial charge in [-0.1, -0.05) is 35.6 Å². The highest BCUT2D eigenvalue weighted by atomic mass is 32.1. The van der Waals surface area contributed by atoms with E-state index in [1.54, 1.807) is 0 Å². The molecule has 27 heavy (non-hydrogen) atoms. The van der Waals surface area contributed by atoms with Crippen molar-refractivity contribution in [3.8, 4) is 11.3 Å². The van der Waals surface area contributed by atoms with E-state index < -0.39 is 0 Å². The van der Waals surface area contributed by atoms with E-state index in [9.17, 15) is 0 Å². The molecule has 0 saturated carbocycles. The first-order valence-electron chi connectivity index (χ1n) is 9.04. The van der Waals surface area contributed by atoms with Gasteiger partial charge >= 0.3 is 0 Å². The number of para-hydroxylation sites is 1. The van der Waals surface area contributed by atoms with Crippen LogP contribution in [0, 0.1) is 0 Å². The number of nitrogens with zero attached hydrogens (tertiary/aromatic N) is 3. The van der Waals surface area contributed by atoms with Crippen molar-refractivity contribution >= 4 is 39.4 Å². The molecule has 4 aromatic rings. The smallest absolute Gasteiger partial charge is 0.262 e. The molecule has 3 nitrogen and oxygen atoms in total. The Hall–Kier alpha value is -2.85. The number of rotatable bonds is 4. The van der Waals surface area contributed by atoms with E-state index in [4.69, 9.17) is 0 Å². The Morgan fingerprint density at radius 2 is 1.67 bits per heavy atom. The summed E-state index contributed by atoms with van der Waals surface area (Å²) >= 11 is 1.82. The first kappa shape index (κ1) is 17.6. The van der Waals surface area contributed by atoms with Crippen LogP contribution in [0.5, 0.6) is 0 Å². The molecule has 0 aliphatic heterocycles. The van der Waals surface area contributed by atoms with Crippen molar-refractivity contribution in [3.63, 3.8) is 0 Å². The molecule has 0 aliphatic carbocycles. The van der Waals surface area contributed by atoms with E-state index in [1.165, 1.54) is 37.9 Å². The minimum absolute atomic E-state index is 1.19. The van der Waals surface area contributed by atoms with Crippen LogP contribution in [0.3, 0.4) is 0 Å². The first-order valence-corrected chi connectivity index (χ1v) is 9.85. The molecule has 0 amide bonds. The van der Waals surface area contributed by atoms with Gasteiger partial charge in [0, 0.05) is 50.4 Å². The molecule has 0 unspecified atom stereocenters. The maximum absolute atomic E-state index is 2.25. The van der Waals surface area contributed by atoms with E-state index in [1.807, 2.05) is 11.3 Å². The Balaban J connectivity index is 1.63. The lowest BCUT2D eigenvalue weighted by Gasteiger charge is -2.13. The lowest BCUT2D eigenvalue weighted by atomic mass is 10.1. The molecule has 136 valence electrons. The molecule has 2 aromatic heterocycles. The Morgan fingerprint density at radius 1 is 0.926 bits per heavy atom. The van der Waals surface area contributed by atoms with Gasteiger partial charge in [0.1, 0.15) is 11.7 Å². The van der Waals surface area contributed by atoms with Gasteiger partial charge in [0.2, 0.25) is 5.52 Å². The van der Waals surface area contributed by atoms with Crippen molar-refractivity contribution in [2.24, 2.45) is 14.1 Å². The van der Waals surface area contributed by atoms with Gasteiger partial charge in [-0.25, -0.2) is 0 Å². The average molecular weight is 375 g/mol. The zero-order chi connectivity index (χ0) is 19.0. The lowest BCUT2D eigenvalue weighted by molar-refractivity contribution is -0.642. The molecule has 0 radical (unpaired) electrons. The number of benzene rings is 2. The number of aryl methyl sites for hydroxylation is 1. The highest BCUT2D eigenvalue weighted by Gasteiger charge is 2.13. The van der Waals surface area contributed by atoms with Gasteiger partial charge in [-0.3, -0.25) is 0 Å². The van der Waals surface area contributed by atoms with Crippen LogP contribution in [-0.2, 0) is 14.1 Å². The highest BCUT2D eigenvalue weighted by molar-refractivity contribution is 7.18. The molecule has 2 aromatic carbocycles. The van der Waals surface area contributed by atoms with Crippen LogP contribution in [0.1, 0.15) is 10.7 Å². The Bertz CT molecular complexity index is 1110. The maximum atomic E-state index is 2.25. The molecule has 2 heterocycles.